The highest BCUT2D eigenvalue weighted by molar-refractivity contribution is 5.77. The smallest absolute Gasteiger partial charge is 0.248 e. The highest BCUT2D eigenvalue weighted by Crippen LogP contribution is 2.32. The van der Waals surface area contributed by atoms with Gasteiger partial charge in [0.1, 0.15) is 79.9 Å². The topological polar surface area (TPSA) is 296 Å². The van der Waals surface area contributed by atoms with Crippen LogP contribution in [0.15, 0.2) is 0 Å². The van der Waals surface area contributed by atoms with E-state index in [1.807, 2.05) is 0 Å². The lowest BCUT2D eigenvalue weighted by Crippen LogP contribution is -2.68. The normalized spacial score (nSPS) is 44.6. The molecule has 3 aliphatic heterocycles. The lowest BCUT2D eigenvalue weighted by molar-refractivity contribution is -0.374. The molecule has 1 amide bonds. The van der Waals surface area contributed by atoms with Crippen molar-refractivity contribution in [2.45, 2.75) is 92.1 Å². The molecule has 3 saturated heterocycles. The van der Waals surface area contributed by atoms with Crippen LogP contribution in [0.5, 0.6) is 0 Å². The van der Waals surface area contributed by atoms with Crippen LogP contribution in [-0.2, 0) is 38.0 Å². The number of methoxy groups -OCH3 is 1. The number of hydrogen-bond donors (Lipinski definition) is 11. The van der Waals surface area contributed by atoms with Crippen LogP contribution in [0.1, 0.15) is 0 Å². The Morgan fingerprint density at radius 2 is 1.21 bits per heavy atom. The number of hydrogen-bond acceptors (Lipinski definition) is 18. The maximum Gasteiger partial charge on any atom is 0.248 e. The van der Waals surface area contributed by atoms with E-state index in [-0.39, 0.29) is 13.2 Å². The Bertz CT molecular complexity index is 822. The van der Waals surface area contributed by atoms with Gasteiger partial charge in [0.05, 0.1) is 33.0 Å². The largest absolute Gasteiger partial charge is 0.394 e. The molecule has 0 spiro atoms. The van der Waals surface area contributed by atoms with Crippen LogP contribution in [0, 0.1) is 0 Å². The minimum Gasteiger partial charge on any atom is -0.394 e. The summed E-state index contributed by atoms with van der Waals surface area (Å²) in [7, 11) is 1.45. The number of rotatable bonds is 13. The lowest BCUT2D eigenvalue weighted by Gasteiger charge is -2.48. The van der Waals surface area contributed by atoms with Crippen molar-refractivity contribution in [2.24, 2.45) is 0 Å². The molecule has 42 heavy (non-hydrogen) atoms. The number of amides is 1. The average Bonchev–Trinajstić information content (AvgIpc) is 2.98. The second-order valence-corrected chi connectivity index (χ2v) is 9.98. The number of carbonyl (C=O) groups excluding carboxylic acids is 1. The Morgan fingerprint density at radius 3 is 1.81 bits per heavy atom. The minimum absolute atomic E-state index is 0.115. The molecule has 19 heteroatoms. The first-order chi connectivity index (χ1) is 20.0. The Labute approximate surface area is 239 Å². The van der Waals surface area contributed by atoms with Crippen LogP contribution in [0.3, 0.4) is 0 Å². The SMILES string of the molecule is COCCOCC(=O)N[C@@H]1O[C@H](CO)[C@@H](O[C@@H]2O[C@H](CO)[C@H](O)[C@H](O[C@H]3O[C@H](CO)[C@H](O)[C@H](O)[C@H]3O)[C@H]2O)[C@H](O)[C@H]1O. The Morgan fingerprint density at radius 1 is 0.643 bits per heavy atom. The molecular weight excluding hydrogens is 578 g/mol. The summed E-state index contributed by atoms with van der Waals surface area (Å²) in [5, 5.41) is 105. The third-order valence-electron chi connectivity index (χ3n) is 7.09. The van der Waals surface area contributed by atoms with Gasteiger partial charge >= 0.3 is 0 Å². The van der Waals surface area contributed by atoms with Gasteiger partial charge in [-0.1, -0.05) is 0 Å². The summed E-state index contributed by atoms with van der Waals surface area (Å²) in [4.78, 5) is 12.1. The predicted octanol–water partition coefficient (Wildman–Crippen LogP) is -7.79. The van der Waals surface area contributed by atoms with Gasteiger partial charge in [-0.25, -0.2) is 0 Å². The van der Waals surface area contributed by atoms with Gasteiger partial charge in [-0.2, -0.15) is 0 Å². The molecule has 3 rings (SSSR count). The van der Waals surface area contributed by atoms with Crippen molar-refractivity contribution in [3.05, 3.63) is 0 Å². The molecule has 3 aliphatic rings. The predicted molar refractivity (Wildman–Crippen MR) is 130 cm³/mol. The molecule has 0 aromatic rings. The number of carbonyl (C=O) groups is 1. The van der Waals surface area contributed by atoms with Crippen molar-refractivity contribution in [3.8, 4) is 0 Å². The number of aliphatic hydroxyl groups excluding tert-OH is 10. The molecule has 0 bridgehead atoms. The van der Waals surface area contributed by atoms with Crippen molar-refractivity contribution >= 4 is 5.91 Å². The Hall–Kier alpha value is -1.21. The summed E-state index contributed by atoms with van der Waals surface area (Å²) < 4.78 is 37.2. The Kier molecular flexibility index (Phi) is 13.6. The van der Waals surface area contributed by atoms with Crippen LogP contribution in [-0.4, -0.2) is 196 Å². The van der Waals surface area contributed by atoms with Crippen LogP contribution < -0.4 is 5.32 Å². The van der Waals surface area contributed by atoms with E-state index in [1.165, 1.54) is 7.11 Å². The molecule has 0 aliphatic carbocycles. The van der Waals surface area contributed by atoms with Gasteiger partial charge < -0.3 is 89.5 Å². The molecule has 0 aromatic carbocycles. The molecule has 3 heterocycles. The fourth-order valence-electron chi connectivity index (χ4n) is 4.70. The zero-order valence-corrected chi connectivity index (χ0v) is 22.6. The average molecular weight is 620 g/mol. The van der Waals surface area contributed by atoms with Gasteiger partial charge in [0.2, 0.25) is 5.91 Å². The van der Waals surface area contributed by atoms with Crippen molar-refractivity contribution in [2.75, 3.05) is 46.8 Å². The fourth-order valence-corrected chi connectivity index (χ4v) is 4.70. The number of aliphatic hydroxyl groups is 10. The highest BCUT2D eigenvalue weighted by Gasteiger charge is 2.53. The van der Waals surface area contributed by atoms with E-state index < -0.39 is 124 Å². The van der Waals surface area contributed by atoms with E-state index in [1.54, 1.807) is 0 Å². The second kappa shape index (κ2) is 16.2. The summed E-state index contributed by atoms with van der Waals surface area (Å²) in [6, 6.07) is 0. The van der Waals surface area contributed by atoms with E-state index >= 15 is 0 Å². The van der Waals surface area contributed by atoms with Crippen molar-refractivity contribution in [3.63, 3.8) is 0 Å². The first-order valence-corrected chi connectivity index (χ1v) is 13.2. The van der Waals surface area contributed by atoms with Crippen LogP contribution in [0.2, 0.25) is 0 Å². The monoisotopic (exact) mass is 619 g/mol. The van der Waals surface area contributed by atoms with Gasteiger partial charge in [0.15, 0.2) is 18.8 Å². The highest BCUT2D eigenvalue weighted by atomic mass is 16.7. The zero-order valence-electron chi connectivity index (χ0n) is 22.6. The van der Waals surface area contributed by atoms with Crippen LogP contribution in [0.25, 0.3) is 0 Å². The quantitative estimate of drug-likeness (QED) is 0.0853. The molecule has 0 saturated carbocycles. The van der Waals surface area contributed by atoms with Crippen molar-refractivity contribution in [1.82, 2.24) is 5.32 Å². The fraction of sp³-hybridized carbons (Fsp3) is 0.957. The summed E-state index contributed by atoms with van der Waals surface area (Å²) in [6.07, 6.45) is -25.5. The van der Waals surface area contributed by atoms with Gasteiger partial charge in [-0.3, -0.25) is 4.79 Å². The molecule has 0 radical (unpaired) electrons. The van der Waals surface area contributed by atoms with Crippen LogP contribution in [0.4, 0.5) is 0 Å². The lowest BCUT2D eigenvalue weighted by atomic mass is 9.95. The van der Waals surface area contributed by atoms with E-state index in [4.69, 9.17) is 33.2 Å². The minimum atomic E-state index is -1.94. The van der Waals surface area contributed by atoms with Gasteiger partial charge in [-0.15, -0.1) is 0 Å². The standard InChI is InChI=1S/C23H41NO18/c1-36-2-3-37-7-11(28)24-21-16(33)15(32)19(10(6-27)38-21)41-23-18(35)20(13(30)9(5-26)40-23)42-22-17(34)14(31)12(29)8(4-25)39-22/h8-10,12-23,25-27,29-35H,2-7H2,1H3,(H,24,28)/t8-,9-,10-,12+,13+,14+,15-,16-,17-,18-,19-,20+,21-,22-,23+/m1/s1. The molecule has 246 valence electrons. The molecule has 11 N–H and O–H groups in total. The first kappa shape index (κ1) is 35.3. The maximum atomic E-state index is 12.1. The maximum absolute atomic E-state index is 12.1. The van der Waals surface area contributed by atoms with Gasteiger partial charge in [-0.05, 0) is 0 Å². The molecule has 0 aromatic heterocycles. The molecule has 3 fully saturated rings. The third kappa shape index (κ3) is 8.08. The van der Waals surface area contributed by atoms with Gasteiger partial charge in [0, 0.05) is 7.11 Å². The van der Waals surface area contributed by atoms with E-state index in [9.17, 15) is 55.9 Å². The van der Waals surface area contributed by atoms with E-state index in [0.29, 0.717) is 0 Å². The number of ether oxygens (including phenoxy) is 7. The zero-order chi connectivity index (χ0) is 31.1. The van der Waals surface area contributed by atoms with Crippen molar-refractivity contribution < 1.29 is 89.0 Å². The summed E-state index contributed by atoms with van der Waals surface area (Å²) in [5.41, 5.74) is 0. The molecule has 0 unspecified atom stereocenters. The van der Waals surface area contributed by atoms with E-state index in [2.05, 4.69) is 5.32 Å². The van der Waals surface area contributed by atoms with Crippen molar-refractivity contribution in [1.29, 1.82) is 0 Å². The van der Waals surface area contributed by atoms with Gasteiger partial charge in [0.25, 0.3) is 0 Å². The molecular formula is C23H41NO18. The summed E-state index contributed by atoms with van der Waals surface area (Å²) in [6.45, 7) is -2.48. The van der Waals surface area contributed by atoms with Crippen LogP contribution >= 0.6 is 0 Å². The summed E-state index contributed by atoms with van der Waals surface area (Å²) >= 11 is 0. The number of nitrogens with one attached hydrogen (secondary N) is 1. The third-order valence-corrected chi connectivity index (χ3v) is 7.09. The molecule has 15 atom stereocenters. The van der Waals surface area contributed by atoms with E-state index in [0.717, 1.165) is 0 Å². The first-order valence-electron chi connectivity index (χ1n) is 13.2. The molecule has 19 nitrogen and oxygen atoms in total. The second-order valence-electron chi connectivity index (χ2n) is 9.98. The summed E-state index contributed by atoms with van der Waals surface area (Å²) in [5.74, 6) is -0.711. The Balaban J connectivity index is 1.70.